The van der Waals surface area contributed by atoms with Gasteiger partial charge in [0.15, 0.2) is 0 Å². The van der Waals surface area contributed by atoms with Crippen molar-refractivity contribution in [2.24, 2.45) is 0 Å². The van der Waals surface area contributed by atoms with Crippen LogP contribution in [0.4, 0.5) is 10.1 Å². The summed E-state index contributed by atoms with van der Waals surface area (Å²) < 4.78 is 40.8. The smallest absolute Gasteiger partial charge is 0.241 e. The van der Waals surface area contributed by atoms with Gasteiger partial charge < -0.3 is 5.73 Å². The lowest BCUT2D eigenvalue weighted by molar-refractivity contribution is 0.214. The molecule has 0 atom stereocenters. The predicted octanol–water partition coefficient (Wildman–Crippen LogP) is 2.33. The second-order valence-electron chi connectivity index (χ2n) is 5.23. The standard InChI is InChI=1S/C13H19FN2O2S/c1-3-13(5-4-6-13)16-19(17,18)12-8-11(15)10(14)7-9(12)2/h7-8,16H,3-6,15H2,1-2H3. The Bertz CT molecular complexity index is 589. The molecule has 0 bridgehead atoms. The minimum atomic E-state index is -3.66. The van der Waals surface area contributed by atoms with Gasteiger partial charge in [-0.3, -0.25) is 0 Å². The Morgan fingerprint density at radius 1 is 1.42 bits per heavy atom. The monoisotopic (exact) mass is 286 g/mol. The molecule has 0 aromatic heterocycles. The summed E-state index contributed by atoms with van der Waals surface area (Å²) in [6.45, 7) is 3.53. The number of nitrogens with two attached hydrogens (primary N) is 1. The molecule has 1 aliphatic carbocycles. The Morgan fingerprint density at radius 2 is 2.05 bits per heavy atom. The molecule has 1 aromatic rings. The molecule has 1 aliphatic rings. The van der Waals surface area contributed by atoms with Crippen LogP contribution in [0.1, 0.15) is 38.2 Å². The van der Waals surface area contributed by atoms with Crippen LogP contribution in [0, 0.1) is 12.7 Å². The highest BCUT2D eigenvalue weighted by Gasteiger charge is 2.39. The Hall–Kier alpha value is -1.14. The van der Waals surface area contributed by atoms with Crippen LogP contribution in [-0.2, 0) is 10.0 Å². The van der Waals surface area contributed by atoms with Gasteiger partial charge in [0, 0.05) is 5.54 Å². The minimum absolute atomic E-state index is 0.0612. The third kappa shape index (κ3) is 2.60. The lowest BCUT2D eigenvalue weighted by Gasteiger charge is -2.41. The van der Waals surface area contributed by atoms with Crippen LogP contribution in [0.3, 0.4) is 0 Å². The number of nitrogen functional groups attached to an aromatic ring is 1. The van der Waals surface area contributed by atoms with E-state index in [0.717, 1.165) is 31.7 Å². The molecule has 0 unspecified atom stereocenters. The summed E-state index contributed by atoms with van der Waals surface area (Å²) in [6, 6.07) is 2.35. The molecule has 0 aliphatic heterocycles. The lowest BCUT2D eigenvalue weighted by Crippen LogP contribution is -2.52. The summed E-state index contributed by atoms with van der Waals surface area (Å²) in [4.78, 5) is 0.0612. The van der Waals surface area contributed by atoms with Crippen LogP contribution in [0.25, 0.3) is 0 Å². The van der Waals surface area contributed by atoms with E-state index in [-0.39, 0.29) is 16.1 Å². The Balaban J connectivity index is 2.37. The van der Waals surface area contributed by atoms with Crippen molar-refractivity contribution in [1.82, 2.24) is 4.72 Å². The number of nitrogens with one attached hydrogen (secondary N) is 1. The molecular formula is C13H19FN2O2S. The number of benzene rings is 1. The van der Waals surface area contributed by atoms with Crippen LogP contribution in [0.2, 0.25) is 0 Å². The summed E-state index contributed by atoms with van der Waals surface area (Å²) in [5, 5.41) is 0. The van der Waals surface area contributed by atoms with Gasteiger partial charge >= 0.3 is 0 Å². The van der Waals surface area contributed by atoms with Crippen molar-refractivity contribution < 1.29 is 12.8 Å². The Morgan fingerprint density at radius 3 is 2.53 bits per heavy atom. The SMILES string of the molecule is CCC1(NS(=O)(=O)c2cc(N)c(F)cc2C)CCC1. The van der Waals surface area contributed by atoms with Crippen molar-refractivity contribution in [2.45, 2.75) is 50.0 Å². The molecule has 2 rings (SSSR count). The van der Waals surface area contributed by atoms with Gasteiger partial charge in [0.25, 0.3) is 0 Å². The lowest BCUT2D eigenvalue weighted by atomic mass is 9.76. The number of anilines is 1. The third-order valence-electron chi connectivity index (χ3n) is 3.92. The fourth-order valence-electron chi connectivity index (χ4n) is 2.43. The van der Waals surface area contributed by atoms with Gasteiger partial charge in [-0.1, -0.05) is 6.92 Å². The summed E-state index contributed by atoms with van der Waals surface area (Å²) >= 11 is 0. The molecule has 4 nitrogen and oxygen atoms in total. The first-order chi connectivity index (χ1) is 8.80. The minimum Gasteiger partial charge on any atom is -0.396 e. The van der Waals surface area contributed by atoms with E-state index in [2.05, 4.69) is 4.72 Å². The number of hydrogen-bond acceptors (Lipinski definition) is 3. The molecule has 19 heavy (non-hydrogen) atoms. The number of sulfonamides is 1. The van der Waals surface area contributed by atoms with Gasteiger partial charge in [0.2, 0.25) is 10.0 Å². The maximum absolute atomic E-state index is 13.3. The topological polar surface area (TPSA) is 72.2 Å². The fourth-order valence-corrected chi connectivity index (χ4v) is 4.22. The summed E-state index contributed by atoms with van der Waals surface area (Å²) in [5.74, 6) is -0.592. The molecule has 6 heteroatoms. The van der Waals surface area contributed by atoms with E-state index in [1.54, 1.807) is 6.92 Å². The first-order valence-corrected chi connectivity index (χ1v) is 7.87. The Kier molecular flexibility index (Phi) is 3.57. The molecule has 106 valence electrons. The fraction of sp³-hybridized carbons (Fsp3) is 0.538. The van der Waals surface area contributed by atoms with Crippen molar-refractivity contribution in [2.75, 3.05) is 5.73 Å². The molecule has 1 saturated carbocycles. The number of rotatable bonds is 4. The second-order valence-corrected chi connectivity index (χ2v) is 6.88. The normalized spacial score (nSPS) is 18.1. The molecule has 0 heterocycles. The highest BCUT2D eigenvalue weighted by Crippen LogP contribution is 2.36. The summed E-state index contributed by atoms with van der Waals surface area (Å²) in [5.41, 5.74) is 5.34. The Labute approximate surface area is 113 Å². The van der Waals surface area contributed by atoms with E-state index in [1.165, 1.54) is 6.07 Å². The average Bonchev–Trinajstić information content (AvgIpc) is 2.28. The van der Waals surface area contributed by atoms with E-state index >= 15 is 0 Å². The quantitative estimate of drug-likeness (QED) is 0.834. The van der Waals surface area contributed by atoms with Crippen LogP contribution < -0.4 is 10.5 Å². The van der Waals surface area contributed by atoms with E-state index in [9.17, 15) is 12.8 Å². The molecule has 1 fully saturated rings. The highest BCUT2D eigenvalue weighted by atomic mass is 32.2. The van der Waals surface area contributed by atoms with Crippen LogP contribution in [0.15, 0.2) is 17.0 Å². The molecular weight excluding hydrogens is 267 g/mol. The third-order valence-corrected chi connectivity index (χ3v) is 5.64. The van der Waals surface area contributed by atoms with Crippen LogP contribution >= 0.6 is 0 Å². The second kappa shape index (κ2) is 4.76. The van der Waals surface area contributed by atoms with Crippen molar-refractivity contribution in [3.05, 3.63) is 23.5 Å². The van der Waals surface area contributed by atoms with Gasteiger partial charge in [-0.15, -0.1) is 0 Å². The maximum atomic E-state index is 13.3. The number of hydrogen-bond donors (Lipinski definition) is 2. The first kappa shape index (κ1) is 14.3. The molecule has 0 saturated heterocycles. The van der Waals surface area contributed by atoms with Gasteiger partial charge in [-0.05, 0) is 50.3 Å². The van der Waals surface area contributed by atoms with Gasteiger partial charge in [-0.2, -0.15) is 0 Å². The molecule has 0 radical (unpaired) electrons. The molecule has 1 aromatic carbocycles. The average molecular weight is 286 g/mol. The van der Waals surface area contributed by atoms with E-state index in [4.69, 9.17) is 5.73 Å². The largest absolute Gasteiger partial charge is 0.396 e. The van der Waals surface area contributed by atoms with Crippen LogP contribution in [-0.4, -0.2) is 14.0 Å². The maximum Gasteiger partial charge on any atom is 0.241 e. The van der Waals surface area contributed by atoms with Crippen molar-refractivity contribution in [1.29, 1.82) is 0 Å². The van der Waals surface area contributed by atoms with Crippen molar-refractivity contribution in [3.63, 3.8) is 0 Å². The molecule has 0 amide bonds. The zero-order chi connectivity index (χ0) is 14.3. The number of aryl methyl sites for hydroxylation is 1. The van der Waals surface area contributed by atoms with Gasteiger partial charge in [0.05, 0.1) is 10.6 Å². The van der Waals surface area contributed by atoms with E-state index in [0.29, 0.717) is 5.56 Å². The van der Waals surface area contributed by atoms with Gasteiger partial charge in [-0.25, -0.2) is 17.5 Å². The highest BCUT2D eigenvalue weighted by molar-refractivity contribution is 7.89. The molecule has 3 N–H and O–H groups in total. The van der Waals surface area contributed by atoms with E-state index < -0.39 is 15.8 Å². The summed E-state index contributed by atoms with van der Waals surface area (Å²) in [7, 11) is -3.66. The molecule has 0 spiro atoms. The number of halogens is 1. The zero-order valence-electron chi connectivity index (χ0n) is 11.2. The van der Waals surface area contributed by atoms with Crippen molar-refractivity contribution in [3.8, 4) is 0 Å². The predicted molar refractivity (Wildman–Crippen MR) is 72.7 cm³/mol. The summed E-state index contributed by atoms with van der Waals surface area (Å²) in [6.07, 6.45) is 3.47. The van der Waals surface area contributed by atoms with Gasteiger partial charge in [0.1, 0.15) is 5.82 Å². The van der Waals surface area contributed by atoms with E-state index in [1.807, 2.05) is 6.92 Å². The zero-order valence-corrected chi connectivity index (χ0v) is 12.0. The van der Waals surface area contributed by atoms with Crippen molar-refractivity contribution >= 4 is 15.7 Å². The first-order valence-electron chi connectivity index (χ1n) is 6.39. The van der Waals surface area contributed by atoms with Crippen LogP contribution in [0.5, 0.6) is 0 Å².